The number of nitrogens with zero attached hydrogens (tertiary/aromatic N) is 1. The van der Waals surface area contributed by atoms with Gasteiger partial charge < -0.3 is 5.11 Å². The van der Waals surface area contributed by atoms with Gasteiger partial charge in [0.05, 0.1) is 10.4 Å². The molecule has 0 aliphatic heterocycles. The summed E-state index contributed by atoms with van der Waals surface area (Å²) in [6.45, 7) is 4.52. The van der Waals surface area contributed by atoms with Gasteiger partial charge >= 0.3 is 0 Å². The van der Waals surface area contributed by atoms with Crippen molar-refractivity contribution >= 4 is 27.3 Å². The van der Waals surface area contributed by atoms with E-state index in [-0.39, 0.29) is 0 Å². The molecule has 2 nitrogen and oxygen atoms in total. The molecule has 2 rings (SSSR count). The first-order valence-electron chi connectivity index (χ1n) is 6.33. The number of halogens is 1. The number of hydrogen-bond acceptors (Lipinski definition) is 3. The Hall–Kier alpha value is 0.0700. The van der Waals surface area contributed by atoms with Gasteiger partial charge in [0.1, 0.15) is 10.2 Å². The third-order valence-electron chi connectivity index (χ3n) is 3.58. The summed E-state index contributed by atoms with van der Waals surface area (Å²) in [5.74, 6) is 1.37. The molecule has 2 atom stereocenters. The predicted octanol–water partition coefficient (Wildman–Crippen LogP) is 4.33. The van der Waals surface area contributed by atoms with Crippen molar-refractivity contribution in [3.05, 3.63) is 15.0 Å². The summed E-state index contributed by atoms with van der Waals surface area (Å²) in [6.07, 6.45) is 5.38. The average molecular weight is 318 g/mol. The Morgan fingerprint density at radius 3 is 3.00 bits per heavy atom. The zero-order chi connectivity index (χ0) is 12.5. The maximum absolute atomic E-state index is 10.8. The molecule has 1 aliphatic carbocycles. The maximum atomic E-state index is 10.8. The minimum atomic E-state index is -0.641. The quantitative estimate of drug-likeness (QED) is 0.900. The fraction of sp³-hybridized carbons (Fsp3) is 0.769. The summed E-state index contributed by atoms with van der Waals surface area (Å²) >= 11 is 5.01. The molecule has 1 N–H and O–H groups in total. The second-order valence-electron chi connectivity index (χ2n) is 5.60. The van der Waals surface area contributed by atoms with Gasteiger partial charge in [-0.05, 0) is 53.4 Å². The molecular formula is C13H20BrNOS. The molecule has 4 heteroatoms. The molecule has 17 heavy (non-hydrogen) atoms. The minimum Gasteiger partial charge on any atom is -0.384 e. The molecule has 0 saturated heterocycles. The van der Waals surface area contributed by atoms with E-state index in [1.54, 1.807) is 11.3 Å². The van der Waals surface area contributed by atoms with Gasteiger partial charge in [0, 0.05) is 0 Å². The lowest BCUT2D eigenvalue weighted by molar-refractivity contribution is -0.0220. The average Bonchev–Trinajstić information content (AvgIpc) is 2.64. The van der Waals surface area contributed by atoms with Crippen LogP contribution >= 0.6 is 27.3 Å². The van der Waals surface area contributed by atoms with Crippen LogP contribution in [0.25, 0.3) is 0 Å². The van der Waals surface area contributed by atoms with Crippen LogP contribution in [-0.2, 0) is 5.60 Å². The highest BCUT2D eigenvalue weighted by Crippen LogP contribution is 2.45. The summed E-state index contributed by atoms with van der Waals surface area (Å²) in [6, 6.07) is 0. The Morgan fingerprint density at radius 2 is 2.41 bits per heavy atom. The van der Waals surface area contributed by atoms with Gasteiger partial charge in [-0.2, -0.15) is 0 Å². The van der Waals surface area contributed by atoms with E-state index in [4.69, 9.17) is 0 Å². The van der Waals surface area contributed by atoms with E-state index < -0.39 is 5.60 Å². The van der Waals surface area contributed by atoms with Crippen molar-refractivity contribution in [1.82, 2.24) is 4.98 Å². The molecule has 0 radical (unpaired) electrons. The highest BCUT2D eigenvalue weighted by atomic mass is 79.9. The summed E-state index contributed by atoms with van der Waals surface area (Å²) in [5.41, 5.74) is 1.17. The predicted molar refractivity (Wildman–Crippen MR) is 75.1 cm³/mol. The van der Waals surface area contributed by atoms with Crippen molar-refractivity contribution in [2.75, 3.05) is 0 Å². The molecule has 0 spiro atoms. The van der Waals surface area contributed by atoms with E-state index in [9.17, 15) is 5.11 Å². The molecule has 0 bridgehead atoms. The van der Waals surface area contributed by atoms with Gasteiger partial charge in [-0.25, -0.2) is 4.98 Å². The van der Waals surface area contributed by atoms with Crippen LogP contribution in [-0.4, -0.2) is 10.1 Å². The molecule has 1 aliphatic rings. The van der Waals surface area contributed by atoms with Crippen molar-refractivity contribution in [3.63, 3.8) is 0 Å². The Balaban J connectivity index is 2.12. The van der Waals surface area contributed by atoms with E-state index in [2.05, 4.69) is 34.8 Å². The topological polar surface area (TPSA) is 33.1 Å². The van der Waals surface area contributed by atoms with E-state index >= 15 is 0 Å². The first kappa shape index (κ1) is 13.5. The molecule has 0 amide bonds. The summed E-state index contributed by atoms with van der Waals surface area (Å²) < 4.78 is 0.829. The lowest BCUT2D eigenvalue weighted by Gasteiger charge is -2.37. The maximum Gasteiger partial charge on any atom is 0.123 e. The lowest BCUT2D eigenvalue weighted by atomic mass is 9.74. The number of aromatic nitrogens is 1. The Bertz CT molecular complexity index is 379. The summed E-state index contributed by atoms with van der Waals surface area (Å²) in [7, 11) is 0. The van der Waals surface area contributed by atoms with Crippen LogP contribution in [0.4, 0.5) is 0 Å². The third-order valence-corrected chi connectivity index (χ3v) is 5.46. The van der Waals surface area contributed by atoms with E-state index in [0.29, 0.717) is 11.8 Å². The van der Waals surface area contributed by atoms with Crippen LogP contribution in [0.5, 0.6) is 0 Å². The molecule has 96 valence electrons. The number of rotatable bonds is 3. The SMILES string of the molecule is CC(C)CC1CCCC(O)(c2scnc2Br)C1. The fourth-order valence-electron chi connectivity index (χ4n) is 2.97. The Labute approximate surface area is 116 Å². The van der Waals surface area contributed by atoms with Crippen LogP contribution < -0.4 is 0 Å². The largest absolute Gasteiger partial charge is 0.384 e. The molecule has 1 aromatic rings. The summed E-state index contributed by atoms with van der Waals surface area (Å²) in [5, 5.41) is 10.8. The first-order chi connectivity index (χ1) is 8.01. The van der Waals surface area contributed by atoms with E-state index in [1.165, 1.54) is 12.8 Å². The molecule has 1 fully saturated rings. The van der Waals surface area contributed by atoms with Gasteiger partial charge in [0.15, 0.2) is 0 Å². The van der Waals surface area contributed by atoms with Crippen molar-refractivity contribution in [1.29, 1.82) is 0 Å². The Morgan fingerprint density at radius 1 is 1.65 bits per heavy atom. The van der Waals surface area contributed by atoms with E-state index in [0.717, 1.165) is 28.7 Å². The lowest BCUT2D eigenvalue weighted by Crippen LogP contribution is -2.32. The Kier molecular flexibility index (Phi) is 4.26. The van der Waals surface area contributed by atoms with Gasteiger partial charge in [0.2, 0.25) is 0 Å². The third kappa shape index (κ3) is 3.09. The number of aliphatic hydroxyl groups is 1. The van der Waals surface area contributed by atoms with Crippen LogP contribution in [0.15, 0.2) is 10.1 Å². The monoisotopic (exact) mass is 317 g/mol. The molecule has 1 aromatic heterocycles. The standard InChI is InChI=1S/C13H20BrNOS/c1-9(2)6-10-4-3-5-13(16,7-10)11-12(14)15-8-17-11/h8-10,16H,3-7H2,1-2H3. The summed E-state index contributed by atoms with van der Waals surface area (Å²) in [4.78, 5) is 5.22. The highest BCUT2D eigenvalue weighted by Gasteiger charge is 2.38. The van der Waals surface area contributed by atoms with Crippen molar-refractivity contribution < 1.29 is 5.11 Å². The van der Waals surface area contributed by atoms with Crippen molar-refractivity contribution in [3.8, 4) is 0 Å². The number of thiazole rings is 1. The van der Waals surface area contributed by atoms with Crippen LogP contribution in [0, 0.1) is 11.8 Å². The second kappa shape index (κ2) is 5.37. The molecule has 1 saturated carbocycles. The fourth-order valence-corrected chi connectivity index (χ4v) is 4.68. The number of hydrogen-bond donors (Lipinski definition) is 1. The normalized spacial score (nSPS) is 29.8. The van der Waals surface area contributed by atoms with Crippen molar-refractivity contribution in [2.45, 2.75) is 51.6 Å². The van der Waals surface area contributed by atoms with E-state index in [1.807, 2.05) is 5.51 Å². The smallest absolute Gasteiger partial charge is 0.123 e. The van der Waals surface area contributed by atoms with Gasteiger partial charge in [-0.3, -0.25) is 0 Å². The molecule has 2 unspecified atom stereocenters. The van der Waals surface area contributed by atoms with Crippen LogP contribution in [0.2, 0.25) is 0 Å². The van der Waals surface area contributed by atoms with Gasteiger partial charge in [0.25, 0.3) is 0 Å². The second-order valence-corrected chi connectivity index (χ2v) is 7.20. The van der Waals surface area contributed by atoms with Gasteiger partial charge in [-0.15, -0.1) is 11.3 Å². The first-order valence-corrected chi connectivity index (χ1v) is 8.00. The van der Waals surface area contributed by atoms with Gasteiger partial charge in [-0.1, -0.05) is 20.3 Å². The highest BCUT2D eigenvalue weighted by molar-refractivity contribution is 9.10. The molecule has 1 heterocycles. The van der Waals surface area contributed by atoms with Crippen LogP contribution in [0.3, 0.4) is 0 Å². The molecular weight excluding hydrogens is 298 g/mol. The molecule has 0 aromatic carbocycles. The minimum absolute atomic E-state index is 0.641. The zero-order valence-electron chi connectivity index (χ0n) is 10.4. The van der Waals surface area contributed by atoms with Crippen LogP contribution in [0.1, 0.15) is 50.8 Å². The zero-order valence-corrected chi connectivity index (χ0v) is 12.9. The van der Waals surface area contributed by atoms with Crippen molar-refractivity contribution in [2.24, 2.45) is 11.8 Å².